The zero-order valence-electron chi connectivity index (χ0n) is 16.6. The van der Waals surface area contributed by atoms with E-state index >= 15 is 0 Å². The van der Waals surface area contributed by atoms with Gasteiger partial charge in [-0.25, -0.2) is 0 Å². The number of amides is 1. The number of benzene rings is 1. The molecule has 1 aliphatic heterocycles. The van der Waals surface area contributed by atoms with E-state index in [1.54, 1.807) is 11.9 Å². The van der Waals surface area contributed by atoms with Gasteiger partial charge in [-0.2, -0.15) is 0 Å². The molecule has 2 atom stereocenters. The molecule has 5 heteroatoms. The van der Waals surface area contributed by atoms with Crippen LogP contribution in [0.25, 0.3) is 0 Å². The van der Waals surface area contributed by atoms with Gasteiger partial charge in [0, 0.05) is 25.3 Å². The molecule has 1 saturated heterocycles. The summed E-state index contributed by atoms with van der Waals surface area (Å²) in [5.74, 6) is -0.143. The molecule has 1 aliphatic rings. The molecule has 1 fully saturated rings. The minimum Gasteiger partial charge on any atom is -0.335 e. The maximum atomic E-state index is 12.8. The molecule has 0 bridgehead atoms. The number of ketones is 2. The normalized spacial score (nSPS) is 18.8. The highest BCUT2D eigenvalue weighted by Gasteiger charge is 2.30. The number of Topliss-reactive ketones (excluding diaryl/α,β-unsaturated/α-hetero) is 2. The van der Waals surface area contributed by atoms with Gasteiger partial charge in [-0.1, -0.05) is 36.8 Å². The molecule has 1 aromatic rings. The molecule has 1 heterocycles. The minimum absolute atomic E-state index is 0.0273. The first kappa shape index (κ1) is 21.3. The van der Waals surface area contributed by atoms with E-state index < -0.39 is 0 Å². The number of hydrogen-bond donors (Lipinski definition) is 1. The topological polar surface area (TPSA) is 66.5 Å². The molecule has 0 aromatic heterocycles. The highest BCUT2D eigenvalue weighted by atomic mass is 16.2. The number of carbonyl (C=O) groups excluding carboxylic acids is 3. The van der Waals surface area contributed by atoms with E-state index in [0.29, 0.717) is 13.0 Å². The average Bonchev–Trinajstić information content (AvgIpc) is 2.84. The average molecular weight is 373 g/mol. The second kappa shape index (κ2) is 11.0. The Kier molecular flexibility index (Phi) is 8.65. The second-order valence-corrected chi connectivity index (χ2v) is 7.51. The Morgan fingerprint density at radius 1 is 1.22 bits per heavy atom. The van der Waals surface area contributed by atoms with Crippen LogP contribution in [0.15, 0.2) is 30.3 Å². The van der Waals surface area contributed by atoms with E-state index in [0.717, 1.165) is 32.1 Å². The number of aryl methyl sites for hydroxylation is 1. The molecule has 5 nitrogen and oxygen atoms in total. The molecule has 0 spiro atoms. The summed E-state index contributed by atoms with van der Waals surface area (Å²) in [5, 5.41) is 2.94. The number of carbonyl (C=O) groups is 3. The first-order chi connectivity index (χ1) is 13.0. The Morgan fingerprint density at radius 2 is 1.96 bits per heavy atom. The zero-order chi connectivity index (χ0) is 19.6. The van der Waals surface area contributed by atoms with Crippen LogP contribution in [0.3, 0.4) is 0 Å². The molecule has 0 aliphatic carbocycles. The highest BCUT2D eigenvalue weighted by Crippen LogP contribution is 2.22. The first-order valence-electron chi connectivity index (χ1n) is 10.1. The third-order valence-electron chi connectivity index (χ3n) is 5.39. The molecule has 2 rings (SSSR count). The van der Waals surface area contributed by atoms with Gasteiger partial charge >= 0.3 is 0 Å². The Hall–Kier alpha value is -2.01. The van der Waals surface area contributed by atoms with Crippen molar-refractivity contribution in [1.29, 1.82) is 0 Å². The van der Waals surface area contributed by atoms with Crippen molar-refractivity contribution in [3.8, 4) is 0 Å². The third kappa shape index (κ3) is 6.90. The number of rotatable bonds is 10. The molecular formula is C22H32N2O3. The fraction of sp³-hybridized carbons (Fsp3) is 0.591. The van der Waals surface area contributed by atoms with Crippen molar-refractivity contribution in [1.82, 2.24) is 10.2 Å². The van der Waals surface area contributed by atoms with Gasteiger partial charge in [0.15, 0.2) is 5.78 Å². The standard InChI is InChI=1S/C22H32N2O3/c1-17(23-2)21(26)15-19-12-6-7-14-24(22(19)27)16-20(25)13-8-11-18-9-4-3-5-10-18/h3-5,9-10,17,19,23H,6-8,11-16H2,1-2H3/t17-,19+/m0/s1. The van der Waals surface area contributed by atoms with Crippen molar-refractivity contribution in [3.63, 3.8) is 0 Å². The van der Waals surface area contributed by atoms with Gasteiger partial charge in [-0.15, -0.1) is 0 Å². The van der Waals surface area contributed by atoms with Crippen molar-refractivity contribution in [2.75, 3.05) is 20.1 Å². The van der Waals surface area contributed by atoms with Crippen LogP contribution in [0, 0.1) is 5.92 Å². The number of nitrogens with zero attached hydrogens (tertiary/aromatic N) is 1. The van der Waals surface area contributed by atoms with E-state index in [9.17, 15) is 14.4 Å². The van der Waals surface area contributed by atoms with E-state index in [2.05, 4.69) is 17.4 Å². The SMILES string of the molecule is CN[C@@H](C)C(=O)C[C@H]1CCCCN(CC(=O)CCCc2ccccc2)C1=O. The summed E-state index contributed by atoms with van der Waals surface area (Å²) < 4.78 is 0. The predicted molar refractivity (Wildman–Crippen MR) is 106 cm³/mol. The summed E-state index contributed by atoms with van der Waals surface area (Å²) in [7, 11) is 1.75. The summed E-state index contributed by atoms with van der Waals surface area (Å²) >= 11 is 0. The van der Waals surface area contributed by atoms with Gasteiger partial charge in [0.1, 0.15) is 5.78 Å². The van der Waals surface area contributed by atoms with Gasteiger partial charge in [0.05, 0.1) is 12.6 Å². The van der Waals surface area contributed by atoms with Crippen LogP contribution < -0.4 is 5.32 Å². The van der Waals surface area contributed by atoms with Crippen molar-refractivity contribution in [3.05, 3.63) is 35.9 Å². The fourth-order valence-electron chi connectivity index (χ4n) is 3.54. The molecule has 1 aromatic carbocycles. The van der Waals surface area contributed by atoms with Crippen LogP contribution in [-0.4, -0.2) is 48.6 Å². The Bertz CT molecular complexity index is 630. The van der Waals surface area contributed by atoms with Crippen LogP contribution in [0.1, 0.15) is 51.0 Å². The van der Waals surface area contributed by atoms with Crippen LogP contribution in [0.4, 0.5) is 0 Å². The van der Waals surface area contributed by atoms with Crippen molar-refractivity contribution in [2.45, 2.75) is 57.9 Å². The Labute approximate surface area is 162 Å². The quantitative estimate of drug-likeness (QED) is 0.686. The third-order valence-corrected chi connectivity index (χ3v) is 5.39. The van der Waals surface area contributed by atoms with Gasteiger partial charge in [-0.3, -0.25) is 14.4 Å². The Balaban J connectivity index is 1.83. The molecule has 0 saturated carbocycles. The van der Waals surface area contributed by atoms with Crippen LogP contribution in [0.2, 0.25) is 0 Å². The monoisotopic (exact) mass is 372 g/mol. The lowest BCUT2D eigenvalue weighted by Gasteiger charge is -2.24. The summed E-state index contributed by atoms with van der Waals surface area (Å²) in [4.78, 5) is 39.1. The van der Waals surface area contributed by atoms with Crippen LogP contribution >= 0.6 is 0 Å². The summed E-state index contributed by atoms with van der Waals surface area (Å²) in [5.41, 5.74) is 1.23. The first-order valence-corrected chi connectivity index (χ1v) is 10.1. The summed E-state index contributed by atoms with van der Waals surface area (Å²) in [6.45, 7) is 2.62. The fourth-order valence-corrected chi connectivity index (χ4v) is 3.54. The van der Waals surface area contributed by atoms with E-state index in [1.807, 2.05) is 25.1 Å². The molecule has 1 amide bonds. The van der Waals surface area contributed by atoms with Crippen molar-refractivity contribution in [2.24, 2.45) is 5.92 Å². The molecular weight excluding hydrogens is 340 g/mol. The number of likely N-dealkylation sites (tertiary alicyclic amines) is 1. The lowest BCUT2D eigenvalue weighted by Crippen LogP contribution is -2.41. The minimum atomic E-state index is -0.284. The molecule has 0 radical (unpaired) electrons. The smallest absolute Gasteiger partial charge is 0.226 e. The molecule has 27 heavy (non-hydrogen) atoms. The second-order valence-electron chi connectivity index (χ2n) is 7.51. The summed E-state index contributed by atoms with van der Waals surface area (Å²) in [6.07, 6.45) is 4.98. The zero-order valence-corrected chi connectivity index (χ0v) is 16.6. The number of hydrogen-bond acceptors (Lipinski definition) is 4. The van der Waals surface area contributed by atoms with E-state index in [4.69, 9.17) is 0 Å². The molecule has 0 unspecified atom stereocenters. The predicted octanol–water partition coefficient (Wildman–Crippen LogP) is 2.77. The Morgan fingerprint density at radius 3 is 2.67 bits per heavy atom. The lowest BCUT2D eigenvalue weighted by molar-refractivity contribution is -0.140. The van der Waals surface area contributed by atoms with Crippen LogP contribution in [0.5, 0.6) is 0 Å². The van der Waals surface area contributed by atoms with Gasteiger partial charge in [0.25, 0.3) is 0 Å². The van der Waals surface area contributed by atoms with Crippen molar-refractivity contribution < 1.29 is 14.4 Å². The molecule has 1 N–H and O–H groups in total. The van der Waals surface area contributed by atoms with Crippen LogP contribution in [-0.2, 0) is 20.8 Å². The van der Waals surface area contributed by atoms with Crippen molar-refractivity contribution >= 4 is 17.5 Å². The van der Waals surface area contributed by atoms with E-state index in [-0.39, 0.29) is 42.4 Å². The largest absolute Gasteiger partial charge is 0.335 e. The van der Waals surface area contributed by atoms with E-state index in [1.165, 1.54) is 5.56 Å². The molecule has 148 valence electrons. The summed E-state index contributed by atoms with van der Waals surface area (Å²) in [6, 6.07) is 9.88. The van der Waals surface area contributed by atoms with Gasteiger partial charge < -0.3 is 10.2 Å². The maximum Gasteiger partial charge on any atom is 0.226 e. The van der Waals surface area contributed by atoms with Gasteiger partial charge in [0.2, 0.25) is 5.91 Å². The number of likely N-dealkylation sites (N-methyl/N-ethyl adjacent to an activating group) is 1. The highest BCUT2D eigenvalue weighted by molar-refractivity contribution is 5.91. The lowest BCUT2D eigenvalue weighted by atomic mass is 9.94. The maximum absolute atomic E-state index is 12.8. The number of nitrogens with one attached hydrogen (secondary N) is 1. The van der Waals surface area contributed by atoms with Gasteiger partial charge in [-0.05, 0) is 45.2 Å².